The van der Waals surface area contributed by atoms with Crippen LogP contribution in [0.4, 0.5) is 0 Å². The number of sulfone groups is 1. The second-order valence-corrected chi connectivity index (χ2v) is 11.2. The number of sulfonamides is 1. The molecule has 1 aliphatic heterocycles. The topological polar surface area (TPSA) is 95.6 Å². The van der Waals surface area contributed by atoms with Crippen LogP contribution in [0, 0.1) is 13.8 Å². The average Bonchev–Trinajstić information content (AvgIpc) is 2.81. The third kappa shape index (κ3) is 4.87. The molecule has 1 aliphatic rings. The summed E-state index contributed by atoms with van der Waals surface area (Å²) in [6.45, 7) is 5.38. The minimum atomic E-state index is -4.01. The highest BCUT2D eigenvalue weighted by molar-refractivity contribution is 7.94. The maximum Gasteiger partial charge on any atom is 0.244 e. The van der Waals surface area contributed by atoms with Gasteiger partial charge in [-0.3, -0.25) is 0 Å². The van der Waals surface area contributed by atoms with Crippen molar-refractivity contribution < 1.29 is 16.8 Å². The molecule has 0 aliphatic carbocycles. The largest absolute Gasteiger partial charge is 0.314 e. The summed E-state index contributed by atoms with van der Waals surface area (Å²) in [4.78, 5) is 0.206. The van der Waals surface area contributed by atoms with Crippen molar-refractivity contribution in [1.82, 2.24) is 14.9 Å². The number of hydrogen-bond acceptors (Lipinski definition) is 6. The van der Waals surface area contributed by atoms with Crippen molar-refractivity contribution in [2.24, 2.45) is 0 Å². The minimum Gasteiger partial charge on any atom is -0.314 e. The first-order valence-electron chi connectivity index (χ1n) is 9.53. The summed E-state index contributed by atoms with van der Waals surface area (Å²) in [6, 6.07) is 13.0. The molecule has 1 heterocycles. The van der Waals surface area contributed by atoms with Crippen LogP contribution >= 0.6 is 0 Å². The van der Waals surface area contributed by atoms with E-state index in [-0.39, 0.29) is 22.9 Å². The van der Waals surface area contributed by atoms with Crippen molar-refractivity contribution in [3.8, 4) is 0 Å². The molecular formula is C20H27N3O4S2. The number of hydrogen-bond donors (Lipinski definition) is 2. The van der Waals surface area contributed by atoms with Crippen LogP contribution in [0.1, 0.15) is 11.1 Å². The van der Waals surface area contributed by atoms with Gasteiger partial charge in [-0.15, -0.1) is 0 Å². The third-order valence-electron chi connectivity index (χ3n) is 4.96. The van der Waals surface area contributed by atoms with Crippen LogP contribution in [0.25, 0.3) is 0 Å². The molecular weight excluding hydrogens is 410 g/mol. The van der Waals surface area contributed by atoms with Crippen molar-refractivity contribution in [3.05, 3.63) is 59.7 Å². The van der Waals surface area contributed by atoms with Gasteiger partial charge in [-0.2, -0.15) is 4.31 Å². The Bertz CT molecular complexity index is 949. The van der Waals surface area contributed by atoms with Crippen LogP contribution in [0.2, 0.25) is 0 Å². The van der Waals surface area contributed by atoms with Gasteiger partial charge in [0.15, 0.2) is 9.84 Å². The van der Waals surface area contributed by atoms with Gasteiger partial charge in [0, 0.05) is 32.7 Å². The summed E-state index contributed by atoms with van der Waals surface area (Å²) in [5.74, 6) is 0. The number of nitrogens with zero attached hydrogens (tertiary/aromatic N) is 1. The molecule has 0 amide bonds. The second kappa shape index (κ2) is 8.93. The Hall–Kier alpha value is -1.78. The molecule has 0 bridgehead atoms. The number of rotatable bonds is 4. The van der Waals surface area contributed by atoms with Crippen molar-refractivity contribution in [2.45, 2.75) is 29.0 Å². The highest BCUT2D eigenvalue weighted by atomic mass is 32.2. The van der Waals surface area contributed by atoms with E-state index in [0.717, 1.165) is 15.4 Å². The Kier molecular flexibility index (Phi) is 6.75. The first-order valence-corrected chi connectivity index (χ1v) is 12.5. The zero-order valence-electron chi connectivity index (χ0n) is 16.6. The zero-order valence-corrected chi connectivity index (χ0v) is 18.3. The molecule has 9 heteroatoms. The molecule has 3 rings (SSSR count). The molecule has 2 aromatic carbocycles. The van der Waals surface area contributed by atoms with Crippen LogP contribution in [-0.2, 0) is 19.9 Å². The lowest BCUT2D eigenvalue weighted by molar-refractivity contribution is 0.374. The standard InChI is InChI=1S/C20H27N3O4S2/c1-16-3-7-18(8-4-16)28(24,25)20-15-22-12-11-21-13-14-23(20)29(26,27)19-9-5-17(2)6-10-19/h3-10,20-22H,11-15H2,1-2H3. The van der Waals surface area contributed by atoms with Crippen molar-refractivity contribution in [2.75, 3.05) is 32.7 Å². The molecule has 0 spiro atoms. The molecule has 7 nitrogen and oxygen atoms in total. The van der Waals surface area contributed by atoms with E-state index in [4.69, 9.17) is 0 Å². The van der Waals surface area contributed by atoms with E-state index < -0.39 is 25.2 Å². The molecule has 2 N–H and O–H groups in total. The van der Waals surface area contributed by atoms with E-state index in [1.54, 1.807) is 24.3 Å². The van der Waals surface area contributed by atoms with Gasteiger partial charge in [-0.1, -0.05) is 35.4 Å². The summed E-state index contributed by atoms with van der Waals surface area (Å²) in [6.07, 6.45) is 0. The number of nitrogens with one attached hydrogen (secondary N) is 2. The molecule has 1 unspecified atom stereocenters. The van der Waals surface area contributed by atoms with Crippen molar-refractivity contribution >= 4 is 19.9 Å². The van der Waals surface area contributed by atoms with Crippen LogP contribution in [0.15, 0.2) is 58.3 Å². The van der Waals surface area contributed by atoms with Gasteiger partial charge in [-0.25, -0.2) is 16.8 Å². The lowest BCUT2D eigenvalue weighted by Crippen LogP contribution is -2.50. The maximum absolute atomic E-state index is 13.5. The molecule has 1 fully saturated rings. The van der Waals surface area contributed by atoms with Gasteiger partial charge in [0.2, 0.25) is 10.0 Å². The minimum absolute atomic E-state index is 0.0168. The molecule has 158 valence electrons. The highest BCUT2D eigenvalue weighted by Crippen LogP contribution is 2.25. The molecule has 1 atom stereocenters. The summed E-state index contributed by atoms with van der Waals surface area (Å²) in [7, 11) is -7.94. The average molecular weight is 438 g/mol. The lowest BCUT2D eigenvalue weighted by Gasteiger charge is -2.30. The number of benzene rings is 2. The maximum atomic E-state index is 13.5. The van der Waals surface area contributed by atoms with Gasteiger partial charge in [0.25, 0.3) is 0 Å². The molecule has 1 saturated heterocycles. The Morgan fingerprint density at radius 1 is 0.759 bits per heavy atom. The van der Waals surface area contributed by atoms with Gasteiger partial charge < -0.3 is 10.6 Å². The van der Waals surface area contributed by atoms with Crippen molar-refractivity contribution in [1.29, 1.82) is 0 Å². The summed E-state index contributed by atoms with van der Waals surface area (Å²) >= 11 is 0. The van der Waals surface area contributed by atoms with Crippen LogP contribution in [-0.4, -0.2) is 59.2 Å². The van der Waals surface area contributed by atoms with E-state index in [1.165, 1.54) is 24.3 Å². The zero-order chi connectivity index (χ0) is 21.1. The Morgan fingerprint density at radius 2 is 1.28 bits per heavy atom. The molecule has 0 radical (unpaired) electrons. The van der Waals surface area contributed by atoms with Gasteiger partial charge >= 0.3 is 0 Å². The van der Waals surface area contributed by atoms with Gasteiger partial charge in [0.05, 0.1) is 9.79 Å². The SMILES string of the molecule is Cc1ccc(S(=O)(=O)C2CNCCNCCN2S(=O)(=O)c2ccc(C)cc2)cc1. The normalized spacial score (nSPS) is 19.9. The molecule has 0 saturated carbocycles. The van der Waals surface area contributed by atoms with Crippen LogP contribution in [0.5, 0.6) is 0 Å². The van der Waals surface area contributed by atoms with E-state index in [0.29, 0.717) is 19.6 Å². The van der Waals surface area contributed by atoms with Crippen LogP contribution in [0.3, 0.4) is 0 Å². The third-order valence-corrected chi connectivity index (χ3v) is 9.09. The predicted octanol–water partition coefficient (Wildman–Crippen LogP) is 1.29. The first kappa shape index (κ1) is 21.9. The Labute approximate surface area is 173 Å². The smallest absolute Gasteiger partial charge is 0.244 e. The van der Waals surface area contributed by atoms with E-state index in [9.17, 15) is 16.8 Å². The molecule has 29 heavy (non-hydrogen) atoms. The fraction of sp³-hybridized carbons (Fsp3) is 0.400. The predicted molar refractivity (Wildman–Crippen MR) is 113 cm³/mol. The number of aryl methyl sites for hydroxylation is 2. The van der Waals surface area contributed by atoms with Gasteiger partial charge in [0.1, 0.15) is 5.37 Å². The van der Waals surface area contributed by atoms with Crippen molar-refractivity contribution in [3.63, 3.8) is 0 Å². The fourth-order valence-corrected chi connectivity index (χ4v) is 6.96. The lowest BCUT2D eigenvalue weighted by atomic mass is 10.2. The quantitative estimate of drug-likeness (QED) is 0.748. The highest BCUT2D eigenvalue weighted by Gasteiger charge is 2.40. The molecule has 2 aromatic rings. The monoisotopic (exact) mass is 437 g/mol. The van der Waals surface area contributed by atoms with Gasteiger partial charge in [-0.05, 0) is 38.1 Å². The fourth-order valence-electron chi connectivity index (χ4n) is 3.23. The first-order chi connectivity index (χ1) is 13.7. The summed E-state index contributed by atoms with van der Waals surface area (Å²) < 4.78 is 54.9. The summed E-state index contributed by atoms with van der Waals surface area (Å²) in [5, 5.41) is 4.99. The van der Waals surface area contributed by atoms with Crippen LogP contribution < -0.4 is 10.6 Å². The molecule has 0 aromatic heterocycles. The van der Waals surface area contributed by atoms with E-state index in [1.807, 2.05) is 13.8 Å². The second-order valence-electron chi connectivity index (χ2n) is 7.20. The Morgan fingerprint density at radius 3 is 1.86 bits per heavy atom. The van der Waals surface area contributed by atoms with E-state index >= 15 is 0 Å². The van der Waals surface area contributed by atoms with E-state index in [2.05, 4.69) is 10.6 Å². The Balaban J connectivity index is 2.08. The summed E-state index contributed by atoms with van der Waals surface area (Å²) in [5.41, 5.74) is 1.87.